The van der Waals surface area contributed by atoms with Crippen molar-refractivity contribution in [1.29, 1.82) is 0 Å². The predicted molar refractivity (Wildman–Crippen MR) is 76.6 cm³/mol. The summed E-state index contributed by atoms with van der Waals surface area (Å²) in [5.41, 5.74) is 2.66. The second-order valence-electron chi connectivity index (χ2n) is 4.95. The molecule has 21 heavy (non-hydrogen) atoms. The highest BCUT2D eigenvalue weighted by Crippen LogP contribution is 2.26. The molecule has 2 aromatic carbocycles. The van der Waals surface area contributed by atoms with Gasteiger partial charge in [-0.2, -0.15) is 0 Å². The number of carbonyl (C=O) groups is 1. The molecule has 4 heteroatoms. The largest absolute Gasteiger partial charge is 0.493 e. The highest BCUT2D eigenvalue weighted by Gasteiger charge is 2.12. The Balaban J connectivity index is 1.60. The van der Waals surface area contributed by atoms with Crippen LogP contribution < -0.4 is 9.47 Å². The Kier molecular flexibility index (Phi) is 3.86. The Morgan fingerprint density at radius 2 is 2.14 bits per heavy atom. The molecule has 0 N–H and O–H groups in total. The maximum absolute atomic E-state index is 13.6. The van der Waals surface area contributed by atoms with Crippen LogP contribution in [0.25, 0.3) is 0 Å². The number of benzene rings is 2. The molecule has 0 aromatic heterocycles. The summed E-state index contributed by atoms with van der Waals surface area (Å²) in [6.07, 6.45) is 2.24. The molecule has 0 amide bonds. The second kappa shape index (κ2) is 5.95. The first-order valence-corrected chi connectivity index (χ1v) is 6.88. The maximum Gasteiger partial charge on any atom is 0.165 e. The van der Waals surface area contributed by atoms with Crippen LogP contribution in [0.4, 0.5) is 4.39 Å². The molecule has 1 aliphatic rings. The molecule has 3 rings (SSSR count). The number of hydrogen-bond donors (Lipinski definition) is 0. The first-order chi connectivity index (χ1) is 10.3. The Bertz CT molecular complexity index is 667. The van der Waals surface area contributed by atoms with Gasteiger partial charge in [0.15, 0.2) is 11.6 Å². The summed E-state index contributed by atoms with van der Waals surface area (Å²) in [6, 6.07) is 10.3. The van der Waals surface area contributed by atoms with Crippen LogP contribution in [0.5, 0.6) is 11.5 Å². The number of rotatable bonds is 5. The van der Waals surface area contributed by atoms with E-state index in [2.05, 4.69) is 6.07 Å². The zero-order valence-corrected chi connectivity index (χ0v) is 11.5. The van der Waals surface area contributed by atoms with Gasteiger partial charge in [-0.25, -0.2) is 4.39 Å². The lowest BCUT2D eigenvalue weighted by atomic mass is 10.1. The van der Waals surface area contributed by atoms with Gasteiger partial charge in [0.1, 0.15) is 12.0 Å². The van der Waals surface area contributed by atoms with E-state index in [-0.39, 0.29) is 5.75 Å². The predicted octanol–water partition coefficient (Wildman–Crippen LogP) is 3.19. The van der Waals surface area contributed by atoms with Crippen LogP contribution in [0, 0.1) is 5.82 Å². The molecule has 2 aromatic rings. The van der Waals surface area contributed by atoms with E-state index in [4.69, 9.17) is 9.47 Å². The fourth-order valence-electron chi connectivity index (χ4n) is 2.38. The lowest BCUT2D eigenvalue weighted by molar-refractivity contribution is 0.112. The van der Waals surface area contributed by atoms with Crippen molar-refractivity contribution in [1.82, 2.24) is 0 Å². The zero-order valence-electron chi connectivity index (χ0n) is 11.5. The van der Waals surface area contributed by atoms with Gasteiger partial charge in [-0.1, -0.05) is 12.1 Å². The van der Waals surface area contributed by atoms with Crippen molar-refractivity contribution in [2.24, 2.45) is 0 Å². The average molecular weight is 286 g/mol. The molecule has 0 saturated carbocycles. The van der Waals surface area contributed by atoms with Gasteiger partial charge in [0.2, 0.25) is 0 Å². The van der Waals surface area contributed by atoms with Gasteiger partial charge in [0.05, 0.1) is 13.2 Å². The SMILES string of the molecule is O=Cc1ccc(OCCc2ccc3c(c2)CCO3)c(F)c1. The van der Waals surface area contributed by atoms with E-state index < -0.39 is 5.82 Å². The van der Waals surface area contributed by atoms with Gasteiger partial charge in [0.25, 0.3) is 0 Å². The Morgan fingerprint density at radius 1 is 1.24 bits per heavy atom. The third-order valence-electron chi connectivity index (χ3n) is 3.49. The summed E-state index contributed by atoms with van der Waals surface area (Å²) in [7, 11) is 0. The Hall–Kier alpha value is -2.36. The van der Waals surface area contributed by atoms with E-state index in [9.17, 15) is 9.18 Å². The van der Waals surface area contributed by atoms with Crippen molar-refractivity contribution in [3.8, 4) is 11.5 Å². The minimum atomic E-state index is -0.512. The fraction of sp³-hybridized carbons (Fsp3) is 0.235. The van der Waals surface area contributed by atoms with Gasteiger partial charge in [-0.15, -0.1) is 0 Å². The standard InChI is InChI=1S/C17H15FO3/c18-15-10-13(11-19)2-4-17(15)21-7-5-12-1-3-16-14(9-12)6-8-20-16/h1-4,9-11H,5-8H2. The first kappa shape index (κ1) is 13.6. The summed E-state index contributed by atoms with van der Waals surface area (Å²) in [6.45, 7) is 1.13. The van der Waals surface area contributed by atoms with Crippen LogP contribution >= 0.6 is 0 Å². The molecule has 0 radical (unpaired) electrons. The number of halogens is 1. The number of ether oxygens (including phenoxy) is 2. The van der Waals surface area contributed by atoms with E-state index in [1.54, 1.807) is 0 Å². The first-order valence-electron chi connectivity index (χ1n) is 6.88. The average Bonchev–Trinajstić information content (AvgIpc) is 2.96. The van der Waals surface area contributed by atoms with Gasteiger partial charge < -0.3 is 9.47 Å². The highest BCUT2D eigenvalue weighted by atomic mass is 19.1. The second-order valence-corrected chi connectivity index (χ2v) is 4.95. The monoisotopic (exact) mass is 286 g/mol. The number of fused-ring (bicyclic) bond motifs is 1. The van der Waals surface area contributed by atoms with Gasteiger partial charge in [0, 0.05) is 18.4 Å². The fourth-order valence-corrected chi connectivity index (χ4v) is 2.38. The topological polar surface area (TPSA) is 35.5 Å². The molecule has 1 heterocycles. The van der Waals surface area contributed by atoms with Crippen LogP contribution in [0.3, 0.4) is 0 Å². The van der Waals surface area contributed by atoms with Crippen LogP contribution in [0.2, 0.25) is 0 Å². The molecule has 1 aliphatic heterocycles. The van der Waals surface area contributed by atoms with E-state index in [0.717, 1.165) is 24.3 Å². The molecular formula is C17H15FO3. The van der Waals surface area contributed by atoms with E-state index >= 15 is 0 Å². The molecule has 3 nitrogen and oxygen atoms in total. The lowest BCUT2D eigenvalue weighted by Crippen LogP contribution is -2.03. The molecule has 0 fully saturated rings. The van der Waals surface area contributed by atoms with Gasteiger partial charge >= 0.3 is 0 Å². The molecule has 0 bridgehead atoms. The highest BCUT2D eigenvalue weighted by molar-refractivity contribution is 5.74. The summed E-state index contributed by atoms with van der Waals surface area (Å²) in [5.74, 6) is 0.613. The molecule has 0 atom stereocenters. The normalized spacial score (nSPS) is 12.6. The van der Waals surface area contributed by atoms with Crippen molar-refractivity contribution < 1.29 is 18.7 Å². The van der Waals surface area contributed by atoms with E-state index in [1.807, 2.05) is 12.1 Å². The van der Waals surface area contributed by atoms with E-state index in [0.29, 0.717) is 24.9 Å². The minimum absolute atomic E-state index is 0.171. The molecule has 0 unspecified atom stereocenters. The van der Waals surface area contributed by atoms with Crippen LogP contribution in [-0.2, 0) is 12.8 Å². The summed E-state index contributed by atoms with van der Waals surface area (Å²) >= 11 is 0. The van der Waals surface area contributed by atoms with Crippen molar-refractivity contribution in [3.63, 3.8) is 0 Å². The molecular weight excluding hydrogens is 271 g/mol. The van der Waals surface area contributed by atoms with Crippen molar-refractivity contribution in [3.05, 3.63) is 58.9 Å². The summed E-state index contributed by atoms with van der Waals surface area (Å²) in [4.78, 5) is 10.5. The smallest absolute Gasteiger partial charge is 0.165 e. The third-order valence-corrected chi connectivity index (χ3v) is 3.49. The Labute approximate surface area is 122 Å². The third kappa shape index (κ3) is 3.05. The van der Waals surface area contributed by atoms with Crippen LogP contribution in [0.1, 0.15) is 21.5 Å². The Morgan fingerprint density at radius 3 is 2.95 bits per heavy atom. The van der Waals surface area contributed by atoms with Crippen LogP contribution in [0.15, 0.2) is 36.4 Å². The van der Waals surface area contributed by atoms with Crippen molar-refractivity contribution in [2.45, 2.75) is 12.8 Å². The zero-order chi connectivity index (χ0) is 14.7. The summed E-state index contributed by atoms with van der Waals surface area (Å²) in [5, 5.41) is 0. The number of carbonyl (C=O) groups excluding carboxylic acids is 1. The van der Waals surface area contributed by atoms with Crippen molar-refractivity contribution >= 4 is 6.29 Å². The van der Waals surface area contributed by atoms with Crippen molar-refractivity contribution in [2.75, 3.05) is 13.2 Å². The van der Waals surface area contributed by atoms with Crippen LogP contribution in [-0.4, -0.2) is 19.5 Å². The van der Waals surface area contributed by atoms with Gasteiger partial charge in [-0.3, -0.25) is 4.79 Å². The van der Waals surface area contributed by atoms with E-state index in [1.165, 1.54) is 23.8 Å². The lowest BCUT2D eigenvalue weighted by Gasteiger charge is -2.08. The number of hydrogen-bond acceptors (Lipinski definition) is 3. The molecule has 0 aliphatic carbocycles. The maximum atomic E-state index is 13.6. The summed E-state index contributed by atoms with van der Waals surface area (Å²) < 4.78 is 24.5. The number of aldehydes is 1. The quantitative estimate of drug-likeness (QED) is 0.792. The molecule has 108 valence electrons. The molecule has 0 spiro atoms. The van der Waals surface area contributed by atoms with Gasteiger partial charge in [-0.05, 0) is 35.4 Å². The minimum Gasteiger partial charge on any atom is -0.493 e. The molecule has 0 saturated heterocycles.